The minimum atomic E-state index is -0.121. The average Bonchev–Trinajstić information content (AvgIpc) is 2.30. The summed E-state index contributed by atoms with van der Waals surface area (Å²) in [5.41, 5.74) is 5.57. The van der Waals surface area contributed by atoms with E-state index in [2.05, 4.69) is 19.2 Å². The molecule has 0 bridgehead atoms. The number of likely N-dealkylation sites (N-methyl/N-ethyl adjacent to an activating group) is 1. The molecule has 1 aliphatic rings. The Labute approximate surface area is 105 Å². The van der Waals surface area contributed by atoms with Crippen LogP contribution in [0.3, 0.4) is 0 Å². The fourth-order valence-corrected chi connectivity index (χ4v) is 2.11. The van der Waals surface area contributed by atoms with Gasteiger partial charge in [-0.05, 0) is 33.7 Å². The first-order valence-electron chi connectivity index (χ1n) is 6.66. The Bertz CT molecular complexity index is 247. The Hall–Kier alpha value is -0.610. The van der Waals surface area contributed by atoms with E-state index in [1.807, 2.05) is 11.9 Å². The average molecular weight is 241 g/mol. The lowest BCUT2D eigenvalue weighted by atomic mass is 9.95. The van der Waals surface area contributed by atoms with Crippen LogP contribution < -0.4 is 11.1 Å². The van der Waals surface area contributed by atoms with Crippen molar-refractivity contribution < 1.29 is 4.79 Å². The lowest BCUT2D eigenvalue weighted by Crippen LogP contribution is -2.51. The first-order valence-corrected chi connectivity index (χ1v) is 6.66. The standard InChI is InChI=1S/C13H27N3O/c1-13(2,10-14)16(3)9-12(17)15-11-7-5-4-6-8-11/h11H,4-10,14H2,1-3H3,(H,15,17). The van der Waals surface area contributed by atoms with E-state index >= 15 is 0 Å². The van der Waals surface area contributed by atoms with Crippen LogP contribution >= 0.6 is 0 Å². The molecule has 1 rings (SSSR count). The van der Waals surface area contributed by atoms with Gasteiger partial charge in [0.05, 0.1) is 6.54 Å². The van der Waals surface area contributed by atoms with Crippen molar-refractivity contribution >= 4 is 5.91 Å². The molecule has 1 saturated carbocycles. The van der Waals surface area contributed by atoms with Crippen LogP contribution in [0, 0.1) is 0 Å². The molecule has 0 aromatic heterocycles. The summed E-state index contributed by atoms with van der Waals surface area (Å²) in [5, 5.41) is 3.12. The third-order valence-electron chi connectivity index (χ3n) is 3.88. The maximum absolute atomic E-state index is 11.9. The van der Waals surface area contributed by atoms with Gasteiger partial charge >= 0.3 is 0 Å². The van der Waals surface area contributed by atoms with Gasteiger partial charge < -0.3 is 11.1 Å². The first-order chi connectivity index (χ1) is 7.95. The van der Waals surface area contributed by atoms with Crippen LogP contribution in [0.25, 0.3) is 0 Å². The third-order valence-corrected chi connectivity index (χ3v) is 3.88. The number of carbonyl (C=O) groups excluding carboxylic acids is 1. The number of nitrogens with zero attached hydrogens (tertiary/aromatic N) is 1. The minimum absolute atomic E-state index is 0.121. The smallest absolute Gasteiger partial charge is 0.234 e. The molecular formula is C13H27N3O. The van der Waals surface area contributed by atoms with Crippen LogP contribution in [0.1, 0.15) is 46.0 Å². The molecule has 0 aliphatic heterocycles. The molecule has 1 aliphatic carbocycles. The van der Waals surface area contributed by atoms with E-state index in [9.17, 15) is 4.79 Å². The lowest BCUT2D eigenvalue weighted by Gasteiger charge is -2.34. The SMILES string of the molecule is CN(CC(=O)NC1CCCCC1)C(C)(C)CN. The Morgan fingerprint density at radius 3 is 2.47 bits per heavy atom. The van der Waals surface area contributed by atoms with Crippen LogP contribution in [0.4, 0.5) is 0 Å². The summed E-state index contributed by atoms with van der Waals surface area (Å²) in [6.45, 7) is 5.10. The van der Waals surface area contributed by atoms with E-state index in [1.54, 1.807) is 0 Å². The predicted molar refractivity (Wildman–Crippen MR) is 70.8 cm³/mol. The summed E-state index contributed by atoms with van der Waals surface area (Å²) >= 11 is 0. The van der Waals surface area contributed by atoms with Crippen molar-refractivity contribution in [3.8, 4) is 0 Å². The van der Waals surface area contributed by atoms with Gasteiger partial charge in [0, 0.05) is 18.1 Å². The van der Waals surface area contributed by atoms with E-state index in [1.165, 1.54) is 19.3 Å². The molecule has 4 heteroatoms. The number of amides is 1. The molecule has 1 fully saturated rings. The van der Waals surface area contributed by atoms with Gasteiger partial charge in [-0.2, -0.15) is 0 Å². The number of hydrogen-bond donors (Lipinski definition) is 2. The molecule has 0 aromatic carbocycles. The van der Waals surface area contributed by atoms with E-state index in [0.717, 1.165) is 12.8 Å². The first kappa shape index (κ1) is 14.5. The molecule has 0 atom stereocenters. The quantitative estimate of drug-likeness (QED) is 0.758. The van der Waals surface area contributed by atoms with Gasteiger partial charge in [0.2, 0.25) is 5.91 Å². The Morgan fingerprint density at radius 1 is 1.35 bits per heavy atom. The molecule has 0 saturated heterocycles. The van der Waals surface area contributed by atoms with Gasteiger partial charge in [0.1, 0.15) is 0 Å². The number of rotatable bonds is 5. The molecular weight excluding hydrogens is 214 g/mol. The fraction of sp³-hybridized carbons (Fsp3) is 0.923. The summed E-state index contributed by atoms with van der Waals surface area (Å²) in [4.78, 5) is 13.9. The van der Waals surface area contributed by atoms with Gasteiger partial charge in [0.25, 0.3) is 0 Å². The zero-order chi connectivity index (χ0) is 12.9. The highest BCUT2D eigenvalue weighted by molar-refractivity contribution is 5.78. The summed E-state index contributed by atoms with van der Waals surface area (Å²) < 4.78 is 0. The second-order valence-corrected chi connectivity index (χ2v) is 5.78. The van der Waals surface area contributed by atoms with Crippen molar-refractivity contribution in [3.05, 3.63) is 0 Å². The van der Waals surface area contributed by atoms with E-state index in [-0.39, 0.29) is 11.4 Å². The molecule has 0 spiro atoms. The topological polar surface area (TPSA) is 58.4 Å². The molecule has 100 valence electrons. The zero-order valence-corrected chi connectivity index (χ0v) is 11.5. The minimum Gasteiger partial charge on any atom is -0.352 e. The molecule has 1 amide bonds. The summed E-state index contributed by atoms with van der Waals surface area (Å²) in [6, 6.07) is 0.394. The molecule has 4 nitrogen and oxygen atoms in total. The van der Waals surface area contributed by atoms with Crippen molar-refractivity contribution in [3.63, 3.8) is 0 Å². The van der Waals surface area contributed by atoms with Gasteiger partial charge in [-0.25, -0.2) is 0 Å². The lowest BCUT2D eigenvalue weighted by molar-refractivity contribution is -0.124. The predicted octanol–water partition coefficient (Wildman–Crippen LogP) is 1.10. The number of hydrogen-bond acceptors (Lipinski definition) is 3. The molecule has 0 aromatic rings. The second kappa shape index (κ2) is 6.36. The maximum Gasteiger partial charge on any atom is 0.234 e. The molecule has 0 heterocycles. The Kier molecular flexibility index (Phi) is 5.40. The largest absolute Gasteiger partial charge is 0.352 e. The highest BCUT2D eigenvalue weighted by Crippen LogP contribution is 2.17. The molecule has 0 radical (unpaired) electrons. The fourth-order valence-electron chi connectivity index (χ4n) is 2.11. The summed E-state index contributed by atoms with van der Waals surface area (Å²) in [6.07, 6.45) is 6.07. The van der Waals surface area contributed by atoms with Crippen LogP contribution in [-0.4, -0.2) is 42.5 Å². The highest BCUT2D eigenvalue weighted by atomic mass is 16.2. The highest BCUT2D eigenvalue weighted by Gasteiger charge is 2.24. The van der Waals surface area contributed by atoms with Crippen molar-refractivity contribution in [1.29, 1.82) is 0 Å². The number of carbonyl (C=O) groups is 1. The third kappa shape index (κ3) is 4.64. The van der Waals surface area contributed by atoms with Gasteiger partial charge in [-0.3, -0.25) is 9.69 Å². The number of nitrogens with one attached hydrogen (secondary N) is 1. The van der Waals surface area contributed by atoms with Crippen molar-refractivity contribution in [1.82, 2.24) is 10.2 Å². The second-order valence-electron chi connectivity index (χ2n) is 5.78. The van der Waals surface area contributed by atoms with Crippen molar-refractivity contribution in [2.24, 2.45) is 5.73 Å². The molecule has 3 N–H and O–H groups in total. The van der Waals surface area contributed by atoms with E-state index in [4.69, 9.17) is 5.73 Å². The monoisotopic (exact) mass is 241 g/mol. The van der Waals surface area contributed by atoms with E-state index in [0.29, 0.717) is 19.1 Å². The maximum atomic E-state index is 11.9. The Balaban J connectivity index is 2.33. The van der Waals surface area contributed by atoms with Crippen LogP contribution in [0.5, 0.6) is 0 Å². The van der Waals surface area contributed by atoms with Crippen LogP contribution in [0.2, 0.25) is 0 Å². The van der Waals surface area contributed by atoms with E-state index < -0.39 is 0 Å². The Morgan fingerprint density at radius 2 is 1.94 bits per heavy atom. The summed E-state index contributed by atoms with van der Waals surface area (Å²) in [7, 11) is 1.95. The zero-order valence-electron chi connectivity index (χ0n) is 11.5. The summed E-state index contributed by atoms with van der Waals surface area (Å²) in [5.74, 6) is 0.126. The van der Waals surface area contributed by atoms with Crippen LogP contribution in [-0.2, 0) is 4.79 Å². The van der Waals surface area contributed by atoms with Crippen molar-refractivity contribution in [2.45, 2.75) is 57.5 Å². The molecule has 17 heavy (non-hydrogen) atoms. The number of nitrogens with two attached hydrogens (primary N) is 1. The molecule has 0 unspecified atom stereocenters. The van der Waals surface area contributed by atoms with Crippen molar-refractivity contribution in [2.75, 3.05) is 20.1 Å². The normalized spacial score (nSPS) is 18.4. The van der Waals surface area contributed by atoms with Gasteiger partial charge in [-0.15, -0.1) is 0 Å². The van der Waals surface area contributed by atoms with Gasteiger partial charge in [0.15, 0.2) is 0 Å². The van der Waals surface area contributed by atoms with Crippen LogP contribution in [0.15, 0.2) is 0 Å². The van der Waals surface area contributed by atoms with Gasteiger partial charge in [-0.1, -0.05) is 19.3 Å².